The zero-order valence-corrected chi connectivity index (χ0v) is 17.0. The molecule has 8 nitrogen and oxygen atoms in total. The molecule has 1 aromatic carbocycles. The summed E-state index contributed by atoms with van der Waals surface area (Å²) in [7, 11) is 0. The SMILES string of the molecule is CC(C)c1cc(C(=O)NC(C)c2ccc(N3CCOCC3)cc2)nn2cnnc12. The molecule has 0 bridgehead atoms. The number of carbonyl (C=O) groups is 1. The van der Waals surface area contributed by atoms with E-state index in [4.69, 9.17) is 4.74 Å². The van der Waals surface area contributed by atoms with E-state index in [2.05, 4.69) is 63.6 Å². The molecule has 8 heteroatoms. The van der Waals surface area contributed by atoms with Gasteiger partial charge in [-0.25, -0.2) is 0 Å². The number of rotatable bonds is 5. The van der Waals surface area contributed by atoms with Crippen molar-refractivity contribution in [2.24, 2.45) is 0 Å². The Balaban J connectivity index is 1.48. The Bertz CT molecular complexity index is 992. The Labute approximate surface area is 169 Å². The van der Waals surface area contributed by atoms with Crippen molar-refractivity contribution in [1.29, 1.82) is 0 Å². The second-order valence-corrected chi connectivity index (χ2v) is 7.62. The van der Waals surface area contributed by atoms with Crippen molar-refractivity contribution in [1.82, 2.24) is 25.1 Å². The predicted octanol–water partition coefficient (Wildman–Crippen LogP) is 2.58. The number of amides is 1. The van der Waals surface area contributed by atoms with Crippen molar-refractivity contribution in [2.75, 3.05) is 31.2 Å². The van der Waals surface area contributed by atoms with Gasteiger partial charge in [0, 0.05) is 24.3 Å². The molecule has 1 unspecified atom stereocenters. The summed E-state index contributed by atoms with van der Waals surface area (Å²) in [6.45, 7) is 9.42. The number of benzene rings is 1. The molecule has 2 aromatic heterocycles. The molecule has 0 saturated carbocycles. The fourth-order valence-electron chi connectivity index (χ4n) is 3.54. The van der Waals surface area contributed by atoms with Gasteiger partial charge in [0.15, 0.2) is 5.65 Å². The van der Waals surface area contributed by atoms with Crippen LogP contribution in [0.3, 0.4) is 0 Å². The number of fused-ring (bicyclic) bond motifs is 1. The van der Waals surface area contributed by atoms with Gasteiger partial charge in [-0.1, -0.05) is 26.0 Å². The third-order valence-corrected chi connectivity index (χ3v) is 5.27. The molecule has 1 saturated heterocycles. The number of hydrogen-bond donors (Lipinski definition) is 1. The van der Waals surface area contributed by atoms with E-state index in [0.29, 0.717) is 11.3 Å². The van der Waals surface area contributed by atoms with E-state index in [0.717, 1.165) is 37.4 Å². The topological polar surface area (TPSA) is 84.7 Å². The lowest BCUT2D eigenvalue weighted by Gasteiger charge is -2.29. The fraction of sp³-hybridized carbons (Fsp3) is 0.429. The van der Waals surface area contributed by atoms with Crippen molar-refractivity contribution >= 4 is 17.2 Å². The standard InChI is InChI=1S/C21H26N6O2/c1-14(2)18-12-19(25-27-13-22-24-20(18)27)21(28)23-15(3)16-4-6-17(7-5-16)26-8-10-29-11-9-26/h4-7,12-15H,8-11H2,1-3H3,(H,23,28). The minimum absolute atomic E-state index is 0.137. The smallest absolute Gasteiger partial charge is 0.272 e. The van der Waals surface area contributed by atoms with E-state index in [9.17, 15) is 4.79 Å². The first-order valence-electron chi connectivity index (χ1n) is 9.97. The normalized spacial score (nSPS) is 15.7. The van der Waals surface area contributed by atoms with Crippen molar-refractivity contribution < 1.29 is 9.53 Å². The second-order valence-electron chi connectivity index (χ2n) is 7.62. The summed E-state index contributed by atoms with van der Waals surface area (Å²) in [5.74, 6) is -0.00587. The van der Waals surface area contributed by atoms with Crippen LogP contribution in [0.15, 0.2) is 36.7 Å². The van der Waals surface area contributed by atoms with Gasteiger partial charge in [-0.3, -0.25) is 4.79 Å². The quantitative estimate of drug-likeness (QED) is 0.716. The van der Waals surface area contributed by atoms with Gasteiger partial charge in [0.2, 0.25) is 0 Å². The molecule has 29 heavy (non-hydrogen) atoms. The van der Waals surface area contributed by atoms with Crippen LogP contribution in [-0.4, -0.2) is 52.0 Å². The van der Waals surface area contributed by atoms with E-state index in [-0.39, 0.29) is 17.9 Å². The minimum atomic E-state index is -0.216. The molecule has 4 rings (SSSR count). The van der Waals surface area contributed by atoms with Crippen LogP contribution >= 0.6 is 0 Å². The Morgan fingerprint density at radius 3 is 2.55 bits per heavy atom. The maximum atomic E-state index is 12.8. The van der Waals surface area contributed by atoms with Crippen LogP contribution in [0.1, 0.15) is 54.3 Å². The van der Waals surface area contributed by atoms with Gasteiger partial charge in [0.25, 0.3) is 5.91 Å². The van der Waals surface area contributed by atoms with Crippen LogP contribution < -0.4 is 10.2 Å². The highest BCUT2D eigenvalue weighted by Crippen LogP contribution is 2.22. The molecule has 3 aromatic rings. The van der Waals surface area contributed by atoms with E-state index in [1.54, 1.807) is 10.6 Å². The van der Waals surface area contributed by atoms with Gasteiger partial charge in [-0.05, 0) is 36.6 Å². The Hall–Kier alpha value is -3.00. The van der Waals surface area contributed by atoms with Gasteiger partial charge in [-0.15, -0.1) is 10.2 Å². The van der Waals surface area contributed by atoms with E-state index >= 15 is 0 Å². The Morgan fingerprint density at radius 1 is 1.14 bits per heavy atom. The number of morpholine rings is 1. The summed E-state index contributed by atoms with van der Waals surface area (Å²) < 4.78 is 6.97. The molecule has 1 aliphatic rings. The molecule has 1 aliphatic heterocycles. The summed E-state index contributed by atoms with van der Waals surface area (Å²) in [5, 5.41) is 15.4. The fourth-order valence-corrected chi connectivity index (χ4v) is 3.54. The summed E-state index contributed by atoms with van der Waals surface area (Å²) >= 11 is 0. The van der Waals surface area contributed by atoms with Crippen LogP contribution in [0.2, 0.25) is 0 Å². The molecule has 0 spiro atoms. The third-order valence-electron chi connectivity index (χ3n) is 5.27. The number of aromatic nitrogens is 4. The minimum Gasteiger partial charge on any atom is -0.378 e. The van der Waals surface area contributed by atoms with Crippen LogP contribution in [0.4, 0.5) is 5.69 Å². The molecular formula is C21H26N6O2. The van der Waals surface area contributed by atoms with Gasteiger partial charge < -0.3 is 15.0 Å². The largest absolute Gasteiger partial charge is 0.378 e. The lowest BCUT2D eigenvalue weighted by Crippen LogP contribution is -2.36. The summed E-state index contributed by atoms with van der Waals surface area (Å²) in [5.41, 5.74) is 4.22. The Kier molecular flexibility index (Phi) is 5.44. The number of carbonyl (C=O) groups excluding carboxylic acids is 1. The van der Waals surface area contributed by atoms with Crippen LogP contribution in [-0.2, 0) is 4.74 Å². The Morgan fingerprint density at radius 2 is 1.86 bits per heavy atom. The number of ether oxygens (including phenoxy) is 1. The molecule has 1 N–H and O–H groups in total. The maximum Gasteiger partial charge on any atom is 0.272 e. The maximum absolute atomic E-state index is 12.8. The zero-order valence-electron chi connectivity index (χ0n) is 17.0. The first-order chi connectivity index (χ1) is 14.0. The third kappa shape index (κ3) is 4.07. The molecule has 1 amide bonds. The zero-order chi connectivity index (χ0) is 20.4. The molecule has 152 valence electrons. The monoisotopic (exact) mass is 394 g/mol. The molecule has 1 fully saturated rings. The highest BCUT2D eigenvalue weighted by atomic mass is 16.5. The number of nitrogens with zero attached hydrogens (tertiary/aromatic N) is 5. The molecule has 3 heterocycles. The molecule has 0 aliphatic carbocycles. The molecular weight excluding hydrogens is 368 g/mol. The highest BCUT2D eigenvalue weighted by Gasteiger charge is 2.18. The predicted molar refractivity (Wildman–Crippen MR) is 110 cm³/mol. The lowest BCUT2D eigenvalue weighted by atomic mass is 10.0. The average molecular weight is 394 g/mol. The summed E-state index contributed by atoms with van der Waals surface area (Å²) in [4.78, 5) is 15.1. The van der Waals surface area contributed by atoms with Crippen LogP contribution in [0.25, 0.3) is 5.65 Å². The van der Waals surface area contributed by atoms with Crippen molar-refractivity contribution in [3.63, 3.8) is 0 Å². The average Bonchev–Trinajstić information content (AvgIpc) is 3.22. The first-order valence-corrected chi connectivity index (χ1v) is 9.97. The number of anilines is 1. The molecule has 0 radical (unpaired) electrons. The van der Waals surface area contributed by atoms with E-state index < -0.39 is 0 Å². The van der Waals surface area contributed by atoms with Crippen molar-refractivity contribution in [3.05, 3.63) is 53.5 Å². The highest BCUT2D eigenvalue weighted by molar-refractivity contribution is 5.93. The summed E-state index contributed by atoms with van der Waals surface area (Å²) in [6, 6.07) is 9.99. The molecule has 1 atom stereocenters. The van der Waals surface area contributed by atoms with Gasteiger partial charge in [0.05, 0.1) is 19.3 Å². The van der Waals surface area contributed by atoms with Gasteiger partial charge >= 0.3 is 0 Å². The lowest BCUT2D eigenvalue weighted by molar-refractivity contribution is 0.0933. The summed E-state index contributed by atoms with van der Waals surface area (Å²) in [6.07, 6.45) is 1.52. The van der Waals surface area contributed by atoms with Gasteiger partial charge in [0.1, 0.15) is 12.0 Å². The first kappa shape index (κ1) is 19.3. The van der Waals surface area contributed by atoms with E-state index in [1.807, 2.05) is 6.92 Å². The van der Waals surface area contributed by atoms with Crippen LogP contribution in [0.5, 0.6) is 0 Å². The second kappa shape index (κ2) is 8.16. The van der Waals surface area contributed by atoms with Gasteiger partial charge in [-0.2, -0.15) is 9.61 Å². The van der Waals surface area contributed by atoms with Crippen molar-refractivity contribution in [2.45, 2.75) is 32.7 Å². The van der Waals surface area contributed by atoms with E-state index in [1.165, 1.54) is 12.0 Å². The number of hydrogen-bond acceptors (Lipinski definition) is 6. The number of nitrogens with one attached hydrogen (secondary N) is 1. The van der Waals surface area contributed by atoms with Crippen LogP contribution in [0, 0.1) is 0 Å². The van der Waals surface area contributed by atoms with Crippen molar-refractivity contribution in [3.8, 4) is 0 Å².